The van der Waals surface area contributed by atoms with Gasteiger partial charge in [0, 0.05) is 12.3 Å². The summed E-state index contributed by atoms with van der Waals surface area (Å²) in [5, 5.41) is 8.84. The number of aliphatic hydroxyl groups is 1. The Kier molecular flexibility index (Phi) is 4.85. The summed E-state index contributed by atoms with van der Waals surface area (Å²) >= 11 is 4.51. The lowest BCUT2D eigenvalue weighted by molar-refractivity contribution is 0.299. The van der Waals surface area contributed by atoms with Crippen molar-refractivity contribution in [3.63, 3.8) is 0 Å². The molecular weight excluding hydrogens is 362 g/mol. The van der Waals surface area contributed by atoms with Crippen LogP contribution in [-0.2, 0) is 16.4 Å². The van der Waals surface area contributed by atoms with E-state index in [0.29, 0.717) is 12.1 Å². The van der Waals surface area contributed by atoms with Crippen molar-refractivity contribution in [1.82, 2.24) is 0 Å². The zero-order chi connectivity index (χ0) is 14.8. The van der Waals surface area contributed by atoms with Gasteiger partial charge in [-0.05, 0) is 58.6 Å². The van der Waals surface area contributed by atoms with Gasteiger partial charge in [-0.15, -0.1) is 11.3 Å². The molecule has 0 unspecified atom stereocenters. The molecule has 0 bridgehead atoms. The highest BCUT2D eigenvalue weighted by molar-refractivity contribution is 9.11. The summed E-state index contributed by atoms with van der Waals surface area (Å²) in [7, 11) is -3.55. The van der Waals surface area contributed by atoms with E-state index < -0.39 is 10.0 Å². The maximum absolute atomic E-state index is 12.2. The van der Waals surface area contributed by atoms with E-state index in [1.54, 1.807) is 30.3 Å². The SMILES string of the molecule is Cc1cc(S(=O)(=O)Nc2ccc(CCO)cc2)sc1Br. The number of aryl methyl sites for hydroxylation is 1. The monoisotopic (exact) mass is 375 g/mol. The van der Waals surface area contributed by atoms with E-state index in [1.165, 1.54) is 11.3 Å². The maximum Gasteiger partial charge on any atom is 0.271 e. The third-order valence-electron chi connectivity index (χ3n) is 2.71. The molecule has 0 amide bonds. The highest BCUT2D eigenvalue weighted by Crippen LogP contribution is 2.31. The van der Waals surface area contributed by atoms with Crippen LogP contribution in [-0.4, -0.2) is 20.1 Å². The Morgan fingerprint density at radius 2 is 1.95 bits per heavy atom. The lowest BCUT2D eigenvalue weighted by Gasteiger charge is -2.07. The number of hydrogen-bond donors (Lipinski definition) is 2. The zero-order valence-corrected chi connectivity index (χ0v) is 14.0. The summed E-state index contributed by atoms with van der Waals surface area (Å²) in [6, 6.07) is 8.61. The van der Waals surface area contributed by atoms with Crippen LogP contribution in [0.1, 0.15) is 11.1 Å². The van der Waals surface area contributed by atoms with Crippen LogP contribution in [0, 0.1) is 6.92 Å². The third-order valence-corrected chi connectivity index (χ3v) is 6.70. The molecule has 108 valence electrons. The summed E-state index contributed by atoms with van der Waals surface area (Å²) in [6.07, 6.45) is 0.560. The van der Waals surface area contributed by atoms with Gasteiger partial charge < -0.3 is 5.11 Å². The molecule has 1 aromatic heterocycles. The first kappa shape index (κ1) is 15.5. The van der Waals surface area contributed by atoms with Crippen LogP contribution < -0.4 is 4.72 Å². The molecule has 0 radical (unpaired) electrons. The van der Waals surface area contributed by atoms with Gasteiger partial charge in [-0.1, -0.05) is 12.1 Å². The fourth-order valence-corrected chi connectivity index (χ4v) is 4.92. The molecule has 20 heavy (non-hydrogen) atoms. The number of thiophene rings is 1. The molecule has 0 atom stereocenters. The maximum atomic E-state index is 12.2. The number of sulfonamides is 1. The molecule has 1 aromatic carbocycles. The number of benzene rings is 1. The van der Waals surface area contributed by atoms with Gasteiger partial charge in [0.2, 0.25) is 0 Å². The Balaban J connectivity index is 2.19. The molecular formula is C13H14BrNO3S2. The van der Waals surface area contributed by atoms with Crippen LogP contribution >= 0.6 is 27.3 Å². The van der Waals surface area contributed by atoms with E-state index in [0.717, 1.165) is 14.9 Å². The zero-order valence-electron chi connectivity index (χ0n) is 10.8. The van der Waals surface area contributed by atoms with Crippen molar-refractivity contribution in [2.45, 2.75) is 17.6 Å². The van der Waals surface area contributed by atoms with Gasteiger partial charge in [-0.2, -0.15) is 0 Å². The quantitative estimate of drug-likeness (QED) is 0.843. The minimum Gasteiger partial charge on any atom is -0.396 e. The Hall–Kier alpha value is -0.890. The molecule has 0 saturated carbocycles. The molecule has 2 rings (SSSR count). The van der Waals surface area contributed by atoms with E-state index >= 15 is 0 Å². The summed E-state index contributed by atoms with van der Waals surface area (Å²) in [6.45, 7) is 1.93. The van der Waals surface area contributed by atoms with Crippen molar-refractivity contribution < 1.29 is 13.5 Å². The lowest BCUT2D eigenvalue weighted by atomic mass is 10.1. The van der Waals surface area contributed by atoms with Gasteiger partial charge in [-0.3, -0.25) is 4.72 Å². The van der Waals surface area contributed by atoms with Crippen molar-refractivity contribution in [2.24, 2.45) is 0 Å². The second-order valence-corrected chi connectivity index (χ2v) is 8.58. The van der Waals surface area contributed by atoms with Crippen molar-refractivity contribution >= 4 is 43.0 Å². The van der Waals surface area contributed by atoms with E-state index in [2.05, 4.69) is 20.7 Å². The summed E-state index contributed by atoms with van der Waals surface area (Å²) in [5.74, 6) is 0. The fraction of sp³-hybridized carbons (Fsp3) is 0.231. The average molecular weight is 376 g/mol. The van der Waals surface area contributed by atoms with Crippen LogP contribution in [0.15, 0.2) is 38.3 Å². The third kappa shape index (κ3) is 3.60. The van der Waals surface area contributed by atoms with Crippen LogP contribution in [0.25, 0.3) is 0 Å². The van der Waals surface area contributed by atoms with Crippen molar-refractivity contribution in [2.75, 3.05) is 11.3 Å². The van der Waals surface area contributed by atoms with E-state index in [4.69, 9.17) is 5.11 Å². The molecule has 0 aliphatic carbocycles. The minimum absolute atomic E-state index is 0.0770. The number of halogens is 1. The Labute approximate surface area is 130 Å². The molecule has 2 N–H and O–H groups in total. The fourth-order valence-electron chi connectivity index (χ4n) is 1.64. The summed E-state index contributed by atoms with van der Waals surface area (Å²) in [5.41, 5.74) is 2.37. The Morgan fingerprint density at radius 1 is 1.30 bits per heavy atom. The minimum atomic E-state index is -3.55. The predicted molar refractivity (Wildman–Crippen MR) is 84.8 cm³/mol. The molecule has 7 heteroatoms. The summed E-state index contributed by atoms with van der Waals surface area (Å²) in [4.78, 5) is 0. The second kappa shape index (κ2) is 6.26. The van der Waals surface area contributed by atoms with Crippen molar-refractivity contribution in [3.8, 4) is 0 Å². The Bertz CT molecular complexity index is 673. The largest absolute Gasteiger partial charge is 0.396 e. The predicted octanol–water partition coefficient (Wildman–Crippen LogP) is 3.15. The first-order valence-corrected chi connectivity index (χ1v) is 9.00. The first-order valence-electron chi connectivity index (χ1n) is 5.91. The van der Waals surface area contributed by atoms with Gasteiger partial charge in [0.25, 0.3) is 10.0 Å². The first-order chi connectivity index (χ1) is 9.42. The van der Waals surface area contributed by atoms with Gasteiger partial charge in [-0.25, -0.2) is 8.42 Å². The van der Waals surface area contributed by atoms with E-state index in [-0.39, 0.29) is 10.8 Å². The number of hydrogen-bond acceptors (Lipinski definition) is 4. The molecule has 0 fully saturated rings. The van der Waals surface area contributed by atoms with E-state index in [1.807, 2.05) is 6.92 Å². The standard InChI is InChI=1S/C13H14BrNO3S2/c1-9-8-12(19-13(9)14)20(17,18)15-11-4-2-10(3-5-11)6-7-16/h2-5,8,15-16H,6-7H2,1H3. The lowest BCUT2D eigenvalue weighted by Crippen LogP contribution is -2.11. The van der Waals surface area contributed by atoms with Gasteiger partial charge >= 0.3 is 0 Å². The molecule has 0 aliphatic heterocycles. The molecule has 2 aromatic rings. The number of nitrogens with one attached hydrogen (secondary N) is 1. The van der Waals surface area contributed by atoms with Crippen molar-refractivity contribution in [3.05, 3.63) is 45.2 Å². The molecule has 0 aliphatic rings. The molecule has 0 spiro atoms. The van der Waals surface area contributed by atoms with Crippen molar-refractivity contribution in [1.29, 1.82) is 0 Å². The van der Waals surface area contributed by atoms with E-state index in [9.17, 15) is 8.42 Å². The topological polar surface area (TPSA) is 66.4 Å². The van der Waals surface area contributed by atoms with Crippen LogP contribution in [0.5, 0.6) is 0 Å². The Morgan fingerprint density at radius 3 is 2.45 bits per heavy atom. The molecule has 4 nitrogen and oxygen atoms in total. The number of aliphatic hydroxyl groups excluding tert-OH is 1. The normalized spacial score (nSPS) is 11.6. The molecule has 1 heterocycles. The van der Waals surface area contributed by atoms with Crippen LogP contribution in [0.2, 0.25) is 0 Å². The van der Waals surface area contributed by atoms with Crippen LogP contribution in [0.4, 0.5) is 5.69 Å². The highest BCUT2D eigenvalue weighted by atomic mass is 79.9. The van der Waals surface area contributed by atoms with Gasteiger partial charge in [0.05, 0.1) is 3.79 Å². The number of rotatable bonds is 5. The smallest absolute Gasteiger partial charge is 0.271 e. The van der Waals surface area contributed by atoms with Gasteiger partial charge in [0.1, 0.15) is 4.21 Å². The number of anilines is 1. The van der Waals surface area contributed by atoms with Gasteiger partial charge in [0.15, 0.2) is 0 Å². The summed E-state index contributed by atoms with van der Waals surface area (Å²) < 4.78 is 28.1. The average Bonchev–Trinajstić information content (AvgIpc) is 2.73. The highest BCUT2D eigenvalue weighted by Gasteiger charge is 2.18. The van der Waals surface area contributed by atoms with Crippen LogP contribution in [0.3, 0.4) is 0 Å². The molecule has 0 saturated heterocycles. The second-order valence-electron chi connectivity index (χ2n) is 4.30.